The number of likely N-dealkylation sites (tertiary alicyclic amines) is 1. The predicted molar refractivity (Wildman–Crippen MR) is 92.2 cm³/mol. The van der Waals surface area contributed by atoms with Gasteiger partial charge < -0.3 is 15.0 Å². The Morgan fingerprint density at radius 3 is 2.78 bits per heavy atom. The van der Waals surface area contributed by atoms with Crippen LogP contribution >= 0.6 is 0 Å². The van der Waals surface area contributed by atoms with Gasteiger partial charge in [0.1, 0.15) is 0 Å². The standard InChI is InChI=1S/C19H26N2O2/c1-2-19(14-22)8-11-21(12-9-19)18(23)6-4-15-3-5-17-16(13-15)7-10-20-17/h3,5,7,10,13,20,22H,2,4,6,8-9,11-12,14H2,1H3. The molecule has 1 aromatic carbocycles. The van der Waals surface area contributed by atoms with Gasteiger partial charge in [0.2, 0.25) is 5.91 Å². The SMILES string of the molecule is CCC1(CO)CCN(C(=O)CCc2ccc3[nH]ccc3c2)CC1. The van der Waals surface area contributed by atoms with E-state index in [1.54, 1.807) is 0 Å². The van der Waals surface area contributed by atoms with E-state index in [1.165, 1.54) is 10.9 Å². The summed E-state index contributed by atoms with van der Waals surface area (Å²) >= 11 is 0. The molecule has 1 aromatic heterocycles. The first-order valence-electron chi connectivity index (χ1n) is 8.60. The van der Waals surface area contributed by atoms with Crippen molar-refractivity contribution >= 4 is 16.8 Å². The minimum Gasteiger partial charge on any atom is -0.396 e. The molecule has 2 heterocycles. The number of aromatic amines is 1. The number of amides is 1. The summed E-state index contributed by atoms with van der Waals surface area (Å²) in [5, 5.41) is 10.8. The molecule has 0 unspecified atom stereocenters. The lowest BCUT2D eigenvalue weighted by Gasteiger charge is -2.40. The fourth-order valence-corrected chi connectivity index (χ4v) is 3.52. The maximum atomic E-state index is 12.4. The van der Waals surface area contributed by atoms with Gasteiger partial charge in [-0.3, -0.25) is 4.79 Å². The molecule has 124 valence electrons. The van der Waals surface area contributed by atoms with Crippen LogP contribution in [0.5, 0.6) is 0 Å². The van der Waals surface area contributed by atoms with E-state index in [1.807, 2.05) is 11.1 Å². The summed E-state index contributed by atoms with van der Waals surface area (Å²) in [6.45, 7) is 3.93. The highest BCUT2D eigenvalue weighted by Crippen LogP contribution is 2.34. The molecule has 0 spiro atoms. The molecular formula is C19H26N2O2. The number of aliphatic hydroxyl groups excluding tert-OH is 1. The summed E-state index contributed by atoms with van der Waals surface area (Å²) in [5.74, 6) is 0.238. The fraction of sp³-hybridized carbons (Fsp3) is 0.526. The van der Waals surface area contributed by atoms with E-state index in [0.717, 1.165) is 44.3 Å². The second-order valence-electron chi connectivity index (χ2n) is 6.79. The molecular weight excluding hydrogens is 288 g/mol. The van der Waals surface area contributed by atoms with Crippen molar-refractivity contribution in [2.45, 2.75) is 39.0 Å². The van der Waals surface area contributed by atoms with Gasteiger partial charge in [-0.25, -0.2) is 0 Å². The smallest absolute Gasteiger partial charge is 0.222 e. The molecule has 2 aromatic rings. The van der Waals surface area contributed by atoms with E-state index in [2.05, 4.69) is 36.2 Å². The van der Waals surface area contributed by atoms with Crippen LogP contribution in [0, 0.1) is 5.41 Å². The summed E-state index contributed by atoms with van der Waals surface area (Å²) in [6.07, 6.45) is 6.11. The molecule has 0 radical (unpaired) electrons. The van der Waals surface area contributed by atoms with Gasteiger partial charge in [-0.1, -0.05) is 13.0 Å². The molecule has 4 nitrogen and oxygen atoms in total. The number of carbonyl (C=O) groups is 1. The van der Waals surface area contributed by atoms with Crippen LogP contribution in [0.3, 0.4) is 0 Å². The Bertz CT molecular complexity index is 663. The third kappa shape index (κ3) is 3.42. The van der Waals surface area contributed by atoms with E-state index >= 15 is 0 Å². The zero-order chi connectivity index (χ0) is 16.3. The Hall–Kier alpha value is -1.81. The first-order valence-corrected chi connectivity index (χ1v) is 8.60. The Balaban J connectivity index is 1.53. The van der Waals surface area contributed by atoms with Crippen molar-refractivity contribution in [2.75, 3.05) is 19.7 Å². The van der Waals surface area contributed by atoms with Crippen molar-refractivity contribution < 1.29 is 9.90 Å². The maximum Gasteiger partial charge on any atom is 0.222 e. The average molecular weight is 314 g/mol. The van der Waals surface area contributed by atoms with E-state index in [0.29, 0.717) is 6.42 Å². The van der Waals surface area contributed by atoms with Gasteiger partial charge in [0, 0.05) is 37.8 Å². The maximum absolute atomic E-state index is 12.4. The Labute approximate surface area is 137 Å². The van der Waals surface area contributed by atoms with E-state index in [4.69, 9.17) is 0 Å². The number of aromatic nitrogens is 1. The summed E-state index contributed by atoms with van der Waals surface area (Å²) in [4.78, 5) is 17.6. The number of nitrogens with zero attached hydrogens (tertiary/aromatic N) is 1. The predicted octanol–water partition coefficient (Wildman–Crippen LogP) is 3.11. The van der Waals surface area contributed by atoms with Gasteiger partial charge in [-0.05, 0) is 60.2 Å². The van der Waals surface area contributed by atoms with Gasteiger partial charge >= 0.3 is 0 Å². The topological polar surface area (TPSA) is 56.3 Å². The van der Waals surface area contributed by atoms with Gasteiger partial charge in [-0.2, -0.15) is 0 Å². The molecule has 0 atom stereocenters. The summed E-state index contributed by atoms with van der Waals surface area (Å²) < 4.78 is 0. The number of aliphatic hydroxyl groups is 1. The van der Waals surface area contributed by atoms with Crippen molar-refractivity contribution in [3.63, 3.8) is 0 Å². The highest BCUT2D eigenvalue weighted by atomic mass is 16.3. The van der Waals surface area contributed by atoms with Crippen LogP contribution in [0.15, 0.2) is 30.5 Å². The van der Waals surface area contributed by atoms with Crippen molar-refractivity contribution in [2.24, 2.45) is 5.41 Å². The molecule has 1 aliphatic heterocycles. The number of H-pyrrole nitrogens is 1. The quantitative estimate of drug-likeness (QED) is 0.891. The first kappa shape index (κ1) is 16.1. The monoisotopic (exact) mass is 314 g/mol. The molecule has 1 aliphatic rings. The van der Waals surface area contributed by atoms with E-state index in [9.17, 15) is 9.90 Å². The lowest BCUT2D eigenvalue weighted by Crippen LogP contribution is -2.44. The Kier molecular flexibility index (Phi) is 4.71. The lowest BCUT2D eigenvalue weighted by molar-refractivity contribution is -0.134. The minimum atomic E-state index is 0.0378. The Morgan fingerprint density at radius 2 is 2.09 bits per heavy atom. The van der Waals surface area contributed by atoms with Crippen LogP contribution in [-0.2, 0) is 11.2 Å². The van der Waals surface area contributed by atoms with Gasteiger partial charge in [-0.15, -0.1) is 0 Å². The number of nitrogens with one attached hydrogen (secondary N) is 1. The molecule has 2 N–H and O–H groups in total. The van der Waals surface area contributed by atoms with E-state index in [-0.39, 0.29) is 17.9 Å². The molecule has 3 rings (SSSR count). The Morgan fingerprint density at radius 1 is 1.30 bits per heavy atom. The molecule has 0 aliphatic carbocycles. The van der Waals surface area contributed by atoms with Crippen molar-refractivity contribution in [3.05, 3.63) is 36.0 Å². The molecule has 0 bridgehead atoms. The third-order valence-electron chi connectivity index (χ3n) is 5.51. The number of rotatable bonds is 5. The van der Waals surface area contributed by atoms with Crippen LogP contribution < -0.4 is 0 Å². The molecule has 4 heteroatoms. The van der Waals surface area contributed by atoms with Crippen molar-refractivity contribution in [3.8, 4) is 0 Å². The van der Waals surface area contributed by atoms with Gasteiger partial charge in [0.05, 0.1) is 0 Å². The van der Waals surface area contributed by atoms with Crippen LogP contribution in [0.2, 0.25) is 0 Å². The van der Waals surface area contributed by atoms with Crippen LogP contribution in [-0.4, -0.2) is 40.6 Å². The average Bonchev–Trinajstić information content (AvgIpc) is 3.07. The summed E-state index contributed by atoms with van der Waals surface area (Å²) in [6, 6.07) is 8.39. The number of aryl methyl sites for hydroxylation is 1. The molecule has 23 heavy (non-hydrogen) atoms. The highest BCUT2D eigenvalue weighted by Gasteiger charge is 2.33. The lowest BCUT2D eigenvalue weighted by atomic mass is 9.77. The normalized spacial score (nSPS) is 17.6. The van der Waals surface area contributed by atoms with Gasteiger partial charge in [0.15, 0.2) is 0 Å². The first-order chi connectivity index (χ1) is 11.2. The van der Waals surface area contributed by atoms with Crippen molar-refractivity contribution in [1.82, 2.24) is 9.88 Å². The number of fused-ring (bicyclic) bond motifs is 1. The van der Waals surface area contributed by atoms with Gasteiger partial charge in [0.25, 0.3) is 0 Å². The molecule has 0 saturated carbocycles. The summed E-state index contributed by atoms with van der Waals surface area (Å²) in [5.41, 5.74) is 2.38. The number of hydrogen-bond donors (Lipinski definition) is 2. The molecule has 1 saturated heterocycles. The van der Waals surface area contributed by atoms with Crippen molar-refractivity contribution in [1.29, 1.82) is 0 Å². The number of benzene rings is 1. The number of carbonyl (C=O) groups excluding carboxylic acids is 1. The largest absolute Gasteiger partial charge is 0.396 e. The van der Waals surface area contributed by atoms with E-state index < -0.39 is 0 Å². The third-order valence-corrected chi connectivity index (χ3v) is 5.51. The van der Waals surface area contributed by atoms with Crippen LogP contribution in [0.4, 0.5) is 0 Å². The summed E-state index contributed by atoms with van der Waals surface area (Å²) in [7, 11) is 0. The fourth-order valence-electron chi connectivity index (χ4n) is 3.52. The van der Waals surface area contributed by atoms with Crippen LogP contribution in [0.1, 0.15) is 38.2 Å². The zero-order valence-corrected chi connectivity index (χ0v) is 13.8. The molecule has 1 fully saturated rings. The zero-order valence-electron chi connectivity index (χ0n) is 13.8. The molecule has 1 amide bonds. The highest BCUT2D eigenvalue weighted by molar-refractivity contribution is 5.80. The minimum absolute atomic E-state index is 0.0378. The second kappa shape index (κ2) is 6.75. The number of piperidine rings is 1. The number of hydrogen-bond acceptors (Lipinski definition) is 2. The second-order valence-corrected chi connectivity index (χ2v) is 6.79. The van der Waals surface area contributed by atoms with Crippen LogP contribution in [0.25, 0.3) is 10.9 Å².